The average Bonchev–Trinajstić information content (AvgIpc) is 2.43. The molecular formula is C15H23ClN2O2. The molecule has 0 saturated heterocycles. The topological polar surface area (TPSA) is 55.2 Å². The van der Waals surface area contributed by atoms with E-state index in [4.69, 9.17) is 11.6 Å². The lowest BCUT2D eigenvalue weighted by molar-refractivity contribution is -0.385. The first-order valence-corrected chi connectivity index (χ1v) is 7.53. The van der Waals surface area contributed by atoms with Crippen molar-refractivity contribution in [1.29, 1.82) is 0 Å². The highest BCUT2D eigenvalue weighted by Crippen LogP contribution is 2.27. The van der Waals surface area contributed by atoms with Crippen molar-refractivity contribution < 1.29 is 4.92 Å². The molecule has 0 aromatic heterocycles. The van der Waals surface area contributed by atoms with Gasteiger partial charge in [0.05, 0.1) is 4.92 Å². The third-order valence-electron chi connectivity index (χ3n) is 3.67. The number of hydrogen-bond donors (Lipinski definition) is 1. The second kappa shape index (κ2) is 8.22. The molecule has 1 aromatic carbocycles. The molecule has 0 fully saturated rings. The van der Waals surface area contributed by atoms with E-state index >= 15 is 0 Å². The lowest BCUT2D eigenvalue weighted by Gasteiger charge is -2.24. The molecule has 0 spiro atoms. The van der Waals surface area contributed by atoms with Crippen molar-refractivity contribution in [3.05, 3.63) is 38.9 Å². The van der Waals surface area contributed by atoms with Crippen molar-refractivity contribution in [2.75, 3.05) is 6.54 Å². The number of rotatable bonds is 8. The van der Waals surface area contributed by atoms with Crippen molar-refractivity contribution in [3.63, 3.8) is 0 Å². The normalized spacial score (nSPS) is 14.0. The van der Waals surface area contributed by atoms with E-state index in [0.717, 1.165) is 24.9 Å². The Labute approximate surface area is 125 Å². The van der Waals surface area contributed by atoms with Crippen molar-refractivity contribution in [2.45, 2.75) is 46.1 Å². The SMILES string of the molecule is CCCNC(C)C(CC)Cc1ccc(Cl)cc1[N+](=O)[O-]. The standard InChI is InChI=1S/C15H23ClN2O2/c1-4-8-17-11(3)12(5-2)9-13-6-7-14(16)10-15(13)18(19)20/h6-7,10-12,17H,4-5,8-9H2,1-3H3. The van der Waals surface area contributed by atoms with Gasteiger partial charge in [0.15, 0.2) is 0 Å². The summed E-state index contributed by atoms with van der Waals surface area (Å²) in [5, 5.41) is 15.0. The molecule has 2 unspecified atom stereocenters. The summed E-state index contributed by atoms with van der Waals surface area (Å²) in [5.41, 5.74) is 0.884. The highest BCUT2D eigenvalue weighted by Gasteiger charge is 2.21. The number of nitro benzene ring substituents is 1. The van der Waals surface area contributed by atoms with Gasteiger partial charge in [-0.25, -0.2) is 0 Å². The van der Waals surface area contributed by atoms with E-state index in [2.05, 4.69) is 26.1 Å². The predicted octanol–water partition coefficient (Wildman–Crippen LogP) is 4.21. The first-order valence-electron chi connectivity index (χ1n) is 7.15. The van der Waals surface area contributed by atoms with Crippen LogP contribution in [-0.2, 0) is 6.42 Å². The minimum atomic E-state index is -0.349. The van der Waals surface area contributed by atoms with Gasteiger partial charge in [-0.15, -0.1) is 0 Å². The Balaban J connectivity index is 2.86. The van der Waals surface area contributed by atoms with Crippen LogP contribution in [0.15, 0.2) is 18.2 Å². The lowest BCUT2D eigenvalue weighted by atomic mass is 9.90. The molecule has 20 heavy (non-hydrogen) atoms. The second-order valence-electron chi connectivity index (χ2n) is 5.15. The third kappa shape index (κ3) is 4.76. The first-order chi connectivity index (χ1) is 9.49. The molecule has 0 aliphatic heterocycles. The van der Waals surface area contributed by atoms with E-state index in [1.807, 2.05) is 0 Å². The Morgan fingerprint density at radius 1 is 1.40 bits per heavy atom. The zero-order valence-electron chi connectivity index (χ0n) is 12.4. The van der Waals surface area contributed by atoms with Crippen LogP contribution < -0.4 is 5.32 Å². The van der Waals surface area contributed by atoms with Crippen molar-refractivity contribution in [1.82, 2.24) is 5.32 Å². The molecule has 1 N–H and O–H groups in total. The van der Waals surface area contributed by atoms with E-state index in [9.17, 15) is 10.1 Å². The van der Waals surface area contributed by atoms with E-state index < -0.39 is 0 Å². The van der Waals surface area contributed by atoms with Crippen LogP contribution in [0.25, 0.3) is 0 Å². The van der Waals surface area contributed by atoms with E-state index in [1.54, 1.807) is 12.1 Å². The van der Waals surface area contributed by atoms with Gasteiger partial charge in [0.2, 0.25) is 0 Å². The Morgan fingerprint density at radius 2 is 2.10 bits per heavy atom. The van der Waals surface area contributed by atoms with Crippen LogP contribution in [-0.4, -0.2) is 17.5 Å². The largest absolute Gasteiger partial charge is 0.314 e. The molecule has 0 aliphatic rings. The molecule has 2 atom stereocenters. The maximum atomic E-state index is 11.1. The van der Waals surface area contributed by atoms with Gasteiger partial charge in [0.1, 0.15) is 0 Å². The summed E-state index contributed by atoms with van der Waals surface area (Å²) in [7, 11) is 0. The molecule has 0 amide bonds. The van der Waals surface area contributed by atoms with Crippen molar-refractivity contribution in [2.24, 2.45) is 5.92 Å². The van der Waals surface area contributed by atoms with Crippen LogP contribution in [0.4, 0.5) is 5.69 Å². The summed E-state index contributed by atoms with van der Waals surface area (Å²) in [4.78, 5) is 10.8. The van der Waals surface area contributed by atoms with Crippen LogP contribution in [0.5, 0.6) is 0 Å². The minimum Gasteiger partial charge on any atom is -0.314 e. The zero-order valence-corrected chi connectivity index (χ0v) is 13.1. The summed E-state index contributed by atoms with van der Waals surface area (Å²) >= 11 is 5.85. The van der Waals surface area contributed by atoms with Crippen LogP contribution in [0, 0.1) is 16.0 Å². The number of nitrogens with one attached hydrogen (secondary N) is 1. The summed E-state index contributed by atoms with van der Waals surface area (Å²) in [5.74, 6) is 0.376. The van der Waals surface area contributed by atoms with Gasteiger partial charge in [0, 0.05) is 22.7 Å². The highest BCUT2D eigenvalue weighted by atomic mass is 35.5. The van der Waals surface area contributed by atoms with Crippen LogP contribution >= 0.6 is 11.6 Å². The fraction of sp³-hybridized carbons (Fsp3) is 0.600. The van der Waals surface area contributed by atoms with Gasteiger partial charge in [-0.05, 0) is 38.3 Å². The number of hydrogen-bond acceptors (Lipinski definition) is 3. The maximum absolute atomic E-state index is 11.1. The van der Waals surface area contributed by atoms with Gasteiger partial charge >= 0.3 is 0 Å². The molecule has 1 aromatic rings. The second-order valence-corrected chi connectivity index (χ2v) is 5.58. The number of benzene rings is 1. The quantitative estimate of drug-likeness (QED) is 0.578. The summed E-state index contributed by atoms with van der Waals surface area (Å²) in [6, 6.07) is 5.28. The van der Waals surface area contributed by atoms with E-state index in [0.29, 0.717) is 23.4 Å². The number of nitrogens with zero attached hydrogens (tertiary/aromatic N) is 1. The van der Waals surface area contributed by atoms with Gasteiger partial charge in [-0.3, -0.25) is 10.1 Å². The Hall–Kier alpha value is -1.13. The number of nitro groups is 1. The van der Waals surface area contributed by atoms with Gasteiger partial charge in [-0.1, -0.05) is 37.9 Å². The minimum absolute atomic E-state index is 0.124. The Kier molecular flexibility index (Phi) is 6.96. The molecule has 0 heterocycles. The molecule has 112 valence electrons. The van der Waals surface area contributed by atoms with Gasteiger partial charge in [-0.2, -0.15) is 0 Å². The fourth-order valence-electron chi connectivity index (χ4n) is 2.38. The molecule has 0 saturated carbocycles. The van der Waals surface area contributed by atoms with Crippen LogP contribution in [0.3, 0.4) is 0 Å². The summed E-state index contributed by atoms with van der Waals surface area (Å²) in [6.45, 7) is 7.37. The van der Waals surface area contributed by atoms with E-state index in [1.165, 1.54) is 6.07 Å². The third-order valence-corrected chi connectivity index (χ3v) is 3.91. The van der Waals surface area contributed by atoms with Crippen LogP contribution in [0.1, 0.15) is 39.2 Å². The van der Waals surface area contributed by atoms with Crippen LogP contribution in [0.2, 0.25) is 5.02 Å². The van der Waals surface area contributed by atoms with Crippen molar-refractivity contribution >= 4 is 17.3 Å². The van der Waals surface area contributed by atoms with Crippen molar-refractivity contribution in [3.8, 4) is 0 Å². The van der Waals surface area contributed by atoms with Gasteiger partial charge in [0.25, 0.3) is 5.69 Å². The number of halogens is 1. The van der Waals surface area contributed by atoms with E-state index in [-0.39, 0.29) is 10.6 Å². The Bertz CT molecular complexity index is 451. The molecule has 5 heteroatoms. The highest BCUT2D eigenvalue weighted by molar-refractivity contribution is 6.30. The average molecular weight is 299 g/mol. The smallest absolute Gasteiger partial charge is 0.274 e. The Morgan fingerprint density at radius 3 is 2.65 bits per heavy atom. The van der Waals surface area contributed by atoms with Gasteiger partial charge < -0.3 is 5.32 Å². The monoisotopic (exact) mass is 298 g/mol. The lowest BCUT2D eigenvalue weighted by Crippen LogP contribution is -2.35. The molecule has 4 nitrogen and oxygen atoms in total. The zero-order chi connectivity index (χ0) is 15.1. The first kappa shape index (κ1) is 16.9. The summed E-state index contributed by atoms with van der Waals surface area (Å²) < 4.78 is 0. The maximum Gasteiger partial charge on any atom is 0.274 e. The molecule has 0 bridgehead atoms. The molecule has 0 aliphatic carbocycles. The predicted molar refractivity (Wildman–Crippen MR) is 83.3 cm³/mol. The summed E-state index contributed by atoms with van der Waals surface area (Å²) in [6.07, 6.45) is 2.77. The molecule has 0 radical (unpaired) electrons. The molecule has 1 rings (SSSR count). The fourth-order valence-corrected chi connectivity index (χ4v) is 2.54. The molecular weight excluding hydrogens is 276 g/mol.